The van der Waals surface area contributed by atoms with Crippen molar-refractivity contribution in [3.8, 4) is 0 Å². The summed E-state index contributed by atoms with van der Waals surface area (Å²) in [5, 5.41) is 8.19. The number of alkyl halides is 1. The zero-order valence-electron chi connectivity index (χ0n) is 7.12. The van der Waals surface area contributed by atoms with E-state index in [1.165, 1.54) is 0 Å². The van der Waals surface area contributed by atoms with Crippen LogP contribution in [0.2, 0.25) is 0 Å². The van der Waals surface area contributed by atoms with E-state index in [1.54, 1.807) is 0 Å². The summed E-state index contributed by atoms with van der Waals surface area (Å²) >= 11 is 0. The summed E-state index contributed by atoms with van der Waals surface area (Å²) in [6, 6.07) is 1.92. The van der Waals surface area contributed by atoms with E-state index < -0.39 is 38.8 Å². The third-order valence-electron chi connectivity index (χ3n) is 1.49. The maximum atomic E-state index is 12.9. The second-order valence-corrected chi connectivity index (χ2v) is 3.97. The minimum absolute atomic E-state index is 0.405. The predicted molar refractivity (Wildman–Crippen MR) is 45.3 cm³/mol. The molecule has 7 heteroatoms. The topological polar surface area (TPSA) is 54.4 Å². The van der Waals surface area contributed by atoms with Gasteiger partial charge in [-0.25, -0.2) is 18.0 Å². The van der Waals surface area contributed by atoms with Crippen molar-refractivity contribution in [1.29, 1.82) is 0 Å². The van der Waals surface area contributed by atoms with E-state index in [9.17, 15) is 22.2 Å². The molecule has 82 valence electrons. The van der Waals surface area contributed by atoms with E-state index >= 15 is 0 Å². The minimum atomic E-state index is -2.73. The Morgan fingerprint density at radius 1 is 1.40 bits per heavy atom. The van der Waals surface area contributed by atoms with Crippen molar-refractivity contribution in [1.82, 2.24) is 0 Å². The van der Waals surface area contributed by atoms with Gasteiger partial charge in [0.2, 0.25) is 0 Å². The molecule has 1 aromatic carbocycles. The molecular weight excluding hydrogens is 233 g/mol. The third kappa shape index (κ3) is 2.56. The second kappa shape index (κ2) is 4.43. The molecule has 0 saturated carbocycles. The van der Waals surface area contributed by atoms with E-state index in [1.807, 2.05) is 0 Å². The highest BCUT2D eigenvalue weighted by Gasteiger charge is 2.27. The van der Waals surface area contributed by atoms with Crippen molar-refractivity contribution in [3.05, 3.63) is 29.8 Å². The Morgan fingerprint density at radius 2 is 2.00 bits per heavy atom. The SMILES string of the molecule is O=C(O)C(F)S(=O)c1ccc(F)cc1F. The predicted octanol–water partition coefficient (Wildman–Crippen LogP) is 1.45. The Kier molecular flexibility index (Phi) is 3.46. The van der Waals surface area contributed by atoms with E-state index in [4.69, 9.17) is 5.11 Å². The zero-order chi connectivity index (χ0) is 11.6. The number of carboxylic acid groups (broad SMARTS) is 1. The average Bonchev–Trinajstić information content (AvgIpc) is 2.15. The van der Waals surface area contributed by atoms with Gasteiger partial charge in [0.15, 0.2) is 0 Å². The molecule has 2 atom stereocenters. The van der Waals surface area contributed by atoms with Gasteiger partial charge in [-0.2, -0.15) is 0 Å². The Balaban J connectivity index is 3.07. The Morgan fingerprint density at radius 3 is 2.47 bits per heavy atom. The van der Waals surface area contributed by atoms with Crippen molar-refractivity contribution < 1.29 is 27.3 Å². The third-order valence-corrected chi connectivity index (χ3v) is 2.83. The first-order valence-corrected chi connectivity index (χ1v) is 4.87. The number of rotatable bonds is 3. The molecule has 1 N–H and O–H groups in total. The van der Waals surface area contributed by atoms with Crippen LogP contribution in [0, 0.1) is 11.6 Å². The maximum absolute atomic E-state index is 12.9. The summed E-state index contributed by atoms with van der Waals surface area (Å²) in [5.74, 6) is -4.12. The summed E-state index contributed by atoms with van der Waals surface area (Å²) in [6.45, 7) is 0. The highest BCUT2D eigenvalue weighted by molar-refractivity contribution is 7.86. The van der Waals surface area contributed by atoms with Crippen molar-refractivity contribution in [2.24, 2.45) is 0 Å². The Hall–Kier alpha value is -1.37. The molecule has 0 spiro atoms. The molecule has 0 aliphatic heterocycles. The van der Waals surface area contributed by atoms with Crippen LogP contribution in [-0.4, -0.2) is 20.8 Å². The fraction of sp³-hybridized carbons (Fsp3) is 0.125. The molecule has 0 radical (unpaired) electrons. The van der Waals surface area contributed by atoms with Crippen LogP contribution in [0.25, 0.3) is 0 Å². The second-order valence-electron chi connectivity index (χ2n) is 2.53. The molecule has 0 aromatic heterocycles. The first-order chi connectivity index (χ1) is 6.93. The molecular formula is C8H5F3O3S. The van der Waals surface area contributed by atoms with Gasteiger partial charge in [0.25, 0.3) is 5.50 Å². The average molecular weight is 238 g/mol. The molecule has 1 aromatic rings. The lowest BCUT2D eigenvalue weighted by Crippen LogP contribution is -2.21. The summed E-state index contributed by atoms with van der Waals surface area (Å²) in [6.07, 6.45) is 0. The van der Waals surface area contributed by atoms with E-state index in [2.05, 4.69) is 0 Å². The lowest BCUT2D eigenvalue weighted by Gasteiger charge is -2.04. The molecule has 0 bridgehead atoms. The van der Waals surface area contributed by atoms with Crippen LogP contribution in [0.1, 0.15) is 0 Å². The fourth-order valence-corrected chi connectivity index (χ4v) is 1.70. The molecule has 0 amide bonds. The summed E-state index contributed by atoms with van der Waals surface area (Å²) in [4.78, 5) is 9.45. The maximum Gasteiger partial charge on any atom is 0.352 e. The van der Waals surface area contributed by atoms with Crippen molar-refractivity contribution in [3.63, 3.8) is 0 Å². The molecule has 0 heterocycles. The van der Waals surface area contributed by atoms with Gasteiger partial charge in [-0.1, -0.05) is 0 Å². The van der Waals surface area contributed by atoms with Gasteiger partial charge in [0.05, 0.1) is 4.90 Å². The van der Waals surface area contributed by atoms with Gasteiger partial charge in [0.1, 0.15) is 22.4 Å². The quantitative estimate of drug-likeness (QED) is 0.867. The standard InChI is InChI=1S/C8H5F3O3S/c9-4-1-2-6(5(10)3-4)15(14)7(11)8(12)13/h1-3,7H,(H,12,13). The van der Waals surface area contributed by atoms with Crippen molar-refractivity contribution in [2.75, 3.05) is 0 Å². The van der Waals surface area contributed by atoms with Gasteiger partial charge < -0.3 is 5.11 Å². The number of halogens is 3. The number of benzene rings is 1. The lowest BCUT2D eigenvalue weighted by atomic mass is 10.3. The Bertz CT molecular complexity index is 422. The van der Waals surface area contributed by atoms with Crippen LogP contribution in [0.4, 0.5) is 13.2 Å². The van der Waals surface area contributed by atoms with Crippen LogP contribution in [0.15, 0.2) is 23.1 Å². The number of carbonyl (C=O) groups is 1. The molecule has 15 heavy (non-hydrogen) atoms. The van der Waals surface area contributed by atoms with E-state index in [0.29, 0.717) is 6.07 Å². The van der Waals surface area contributed by atoms with Crippen LogP contribution >= 0.6 is 0 Å². The summed E-state index contributed by atoms with van der Waals surface area (Å²) in [7, 11) is -2.69. The van der Waals surface area contributed by atoms with Gasteiger partial charge in [-0.3, -0.25) is 4.21 Å². The van der Waals surface area contributed by atoms with Gasteiger partial charge >= 0.3 is 5.97 Å². The number of hydrogen-bond acceptors (Lipinski definition) is 2. The van der Waals surface area contributed by atoms with E-state index in [0.717, 1.165) is 12.1 Å². The molecule has 3 nitrogen and oxygen atoms in total. The summed E-state index contributed by atoms with van der Waals surface area (Å²) < 4.78 is 49.2. The van der Waals surface area contributed by atoms with Crippen LogP contribution < -0.4 is 0 Å². The van der Waals surface area contributed by atoms with Crippen molar-refractivity contribution in [2.45, 2.75) is 10.4 Å². The number of hydrogen-bond donors (Lipinski definition) is 1. The van der Waals surface area contributed by atoms with E-state index in [-0.39, 0.29) is 0 Å². The molecule has 2 unspecified atom stereocenters. The molecule has 0 fully saturated rings. The highest BCUT2D eigenvalue weighted by atomic mass is 32.2. The fourth-order valence-electron chi connectivity index (χ4n) is 0.841. The van der Waals surface area contributed by atoms with Crippen LogP contribution in [0.5, 0.6) is 0 Å². The minimum Gasteiger partial charge on any atom is -0.478 e. The lowest BCUT2D eigenvalue weighted by molar-refractivity contribution is -0.139. The largest absolute Gasteiger partial charge is 0.478 e. The van der Waals surface area contributed by atoms with Gasteiger partial charge in [0, 0.05) is 6.07 Å². The monoisotopic (exact) mass is 238 g/mol. The zero-order valence-corrected chi connectivity index (χ0v) is 7.93. The smallest absolute Gasteiger partial charge is 0.352 e. The first-order valence-electron chi connectivity index (χ1n) is 3.66. The molecule has 0 aliphatic carbocycles. The molecule has 0 aliphatic rings. The van der Waals surface area contributed by atoms with Crippen molar-refractivity contribution >= 4 is 16.8 Å². The van der Waals surface area contributed by atoms with Crippen LogP contribution in [0.3, 0.4) is 0 Å². The number of aliphatic carboxylic acids is 1. The normalized spacial score (nSPS) is 14.6. The van der Waals surface area contributed by atoms with Crippen LogP contribution in [-0.2, 0) is 15.6 Å². The summed E-state index contributed by atoms with van der Waals surface area (Å²) in [5.41, 5.74) is -2.73. The van der Waals surface area contributed by atoms with Gasteiger partial charge in [-0.05, 0) is 12.1 Å². The Labute approximate surface area is 85.0 Å². The molecule has 0 saturated heterocycles. The van der Waals surface area contributed by atoms with Gasteiger partial charge in [-0.15, -0.1) is 0 Å². The molecule has 1 rings (SSSR count). The number of carboxylic acids is 1. The first kappa shape index (κ1) is 11.7. The highest BCUT2D eigenvalue weighted by Crippen LogP contribution is 2.17.